The number of halogens is 1. The highest BCUT2D eigenvalue weighted by Crippen LogP contribution is 2.19. The van der Waals surface area contributed by atoms with Gasteiger partial charge >= 0.3 is 0 Å². The van der Waals surface area contributed by atoms with Crippen LogP contribution in [0.5, 0.6) is 5.75 Å². The Morgan fingerprint density at radius 1 is 1.33 bits per heavy atom. The molecule has 0 radical (unpaired) electrons. The molecule has 0 amide bonds. The molecule has 5 heteroatoms. The zero-order valence-electron chi connectivity index (χ0n) is 12.0. The molecule has 2 aromatic rings. The van der Waals surface area contributed by atoms with E-state index < -0.39 is 5.82 Å². The quantitative estimate of drug-likeness (QED) is 0.917. The summed E-state index contributed by atoms with van der Waals surface area (Å²) in [6.45, 7) is 2.78. The van der Waals surface area contributed by atoms with Crippen molar-refractivity contribution in [2.45, 2.75) is 20.1 Å². The number of aromatic nitrogens is 1. The summed E-state index contributed by atoms with van der Waals surface area (Å²) in [5.41, 5.74) is 2.50. The summed E-state index contributed by atoms with van der Waals surface area (Å²) in [6, 6.07) is 9.94. The molecule has 0 aliphatic carbocycles. The Balaban J connectivity index is 2.15. The smallest absolute Gasteiger partial charge is 0.142 e. The minimum absolute atomic E-state index is 0.0218. The highest BCUT2D eigenvalue weighted by atomic mass is 19.1. The van der Waals surface area contributed by atoms with Gasteiger partial charge in [-0.1, -0.05) is 6.07 Å². The molecule has 0 spiro atoms. The van der Waals surface area contributed by atoms with Gasteiger partial charge in [0.15, 0.2) is 0 Å². The largest absolute Gasteiger partial charge is 0.487 e. The monoisotopic (exact) mass is 285 g/mol. The second-order valence-corrected chi connectivity index (χ2v) is 4.64. The van der Waals surface area contributed by atoms with Crippen LogP contribution in [0.15, 0.2) is 30.3 Å². The van der Waals surface area contributed by atoms with Crippen LogP contribution in [0, 0.1) is 24.1 Å². The standard InChI is InChI=1S/C16H16FN3O/c1-11-3-6-16(15(20-11)9-19-2)21-10-12-4-5-14(17)13(7-12)8-18/h3-7,19H,9-10H2,1-2H3. The van der Waals surface area contributed by atoms with Gasteiger partial charge in [0, 0.05) is 12.2 Å². The van der Waals surface area contributed by atoms with Gasteiger partial charge in [-0.15, -0.1) is 0 Å². The van der Waals surface area contributed by atoms with Gasteiger partial charge < -0.3 is 10.1 Å². The molecule has 4 nitrogen and oxygen atoms in total. The van der Waals surface area contributed by atoms with Crippen LogP contribution in [0.4, 0.5) is 4.39 Å². The lowest BCUT2D eigenvalue weighted by Gasteiger charge is -2.11. The molecule has 2 rings (SSSR count). The van der Waals surface area contributed by atoms with Gasteiger partial charge in [0.05, 0.1) is 11.3 Å². The van der Waals surface area contributed by atoms with E-state index in [0.29, 0.717) is 12.3 Å². The normalized spacial score (nSPS) is 10.2. The minimum atomic E-state index is -0.519. The fraction of sp³-hybridized carbons (Fsp3) is 0.250. The number of hydrogen-bond donors (Lipinski definition) is 1. The van der Waals surface area contributed by atoms with Gasteiger partial charge in [-0.2, -0.15) is 5.26 Å². The van der Waals surface area contributed by atoms with Crippen LogP contribution in [0.25, 0.3) is 0 Å². The van der Waals surface area contributed by atoms with Crippen LogP contribution in [-0.2, 0) is 13.2 Å². The molecule has 0 bridgehead atoms. The van der Waals surface area contributed by atoms with Crippen LogP contribution in [0.1, 0.15) is 22.5 Å². The van der Waals surface area contributed by atoms with Crippen molar-refractivity contribution in [1.29, 1.82) is 5.26 Å². The highest BCUT2D eigenvalue weighted by Gasteiger charge is 2.07. The molecule has 1 heterocycles. The molecule has 1 aromatic heterocycles. The maximum atomic E-state index is 13.3. The number of nitriles is 1. The Morgan fingerprint density at radius 2 is 2.14 bits per heavy atom. The Kier molecular flexibility index (Phi) is 4.85. The number of aryl methyl sites for hydroxylation is 1. The first-order valence-corrected chi connectivity index (χ1v) is 6.56. The van der Waals surface area contributed by atoms with Crippen molar-refractivity contribution >= 4 is 0 Å². The topological polar surface area (TPSA) is 57.9 Å². The van der Waals surface area contributed by atoms with Crippen molar-refractivity contribution in [3.05, 3.63) is 58.7 Å². The molecule has 0 atom stereocenters. The maximum Gasteiger partial charge on any atom is 0.142 e. The van der Waals surface area contributed by atoms with Crippen LogP contribution in [-0.4, -0.2) is 12.0 Å². The molecule has 1 N–H and O–H groups in total. The summed E-state index contributed by atoms with van der Waals surface area (Å²) < 4.78 is 19.0. The molecule has 0 unspecified atom stereocenters. The van der Waals surface area contributed by atoms with E-state index >= 15 is 0 Å². The number of rotatable bonds is 5. The molecule has 0 saturated carbocycles. The summed E-state index contributed by atoms with van der Waals surface area (Å²) in [5.74, 6) is 0.159. The zero-order valence-corrected chi connectivity index (χ0v) is 12.0. The summed E-state index contributed by atoms with van der Waals surface area (Å²) in [4.78, 5) is 4.42. The van der Waals surface area contributed by atoms with Gasteiger partial charge in [-0.3, -0.25) is 4.98 Å². The average molecular weight is 285 g/mol. The van der Waals surface area contributed by atoms with E-state index in [2.05, 4.69) is 10.3 Å². The number of benzene rings is 1. The van der Waals surface area contributed by atoms with Gasteiger partial charge in [0.1, 0.15) is 24.2 Å². The predicted octanol–water partition coefficient (Wildman–Crippen LogP) is 2.70. The first-order chi connectivity index (χ1) is 10.1. The molecule has 0 saturated heterocycles. The number of nitrogens with zero attached hydrogens (tertiary/aromatic N) is 2. The van der Waals surface area contributed by atoms with E-state index in [4.69, 9.17) is 10.00 Å². The minimum Gasteiger partial charge on any atom is -0.487 e. The Bertz CT molecular complexity index is 680. The molecule has 108 valence electrons. The summed E-state index contributed by atoms with van der Waals surface area (Å²) in [5, 5.41) is 11.9. The molecular weight excluding hydrogens is 269 g/mol. The van der Waals surface area contributed by atoms with Gasteiger partial charge in [0.25, 0.3) is 0 Å². The number of pyridine rings is 1. The number of ether oxygens (including phenoxy) is 1. The van der Waals surface area contributed by atoms with E-state index in [9.17, 15) is 4.39 Å². The SMILES string of the molecule is CNCc1nc(C)ccc1OCc1ccc(F)c(C#N)c1. The Morgan fingerprint density at radius 3 is 2.86 bits per heavy atom. The number of hydrogen-bond acceptors (Lipinski definition) is 4. The van der Waals surface area contributed by atoms with Crippen molar-refractivity contribution in [2.75, 3.05) is 7.05 Å². The van der Waals surface area contributed by atoms with E-state index in [1.165, 1.54) is 12.1 Å². The van der Waals surface area contributed by atoms with E-state index in [-0.39, 0.29) is 12.2 Å². The lowest BCUT2D eigenvalue weighted by molar-refractivity contribution is 0.300. The molecule has 21 heavy (non-hydrogen) atoms. The summed E-state index contributed by atoms with van der Waals surface area (Å²) in [7, 11) is 1.84. The lowest BCUT2D eigenvalue weighted by atomic mass is 10.1. The summed E-state index contributed by atoms with van der Waals surface area (Å²) >= 11 is 0. The predicted molar refractivity (Wildman–Crippen MR) is 77.2 cm³/mol. The van der Waals surface area contributed by atoms with Gasteiger partial charge in [0.2, 0.25) is 0 Å². The van der Waals surface area contributed by atoms with Gasteiger partial charge in [-0.05, 0) is 43.8 Å². The third kappa shape index (κ3) is 3.77. The first-order valence-electron chi connectivity index (χ1n) is 6.56. The molecule has 1 aromatic carbocycles. The number of nitrogens with one attached hydrogen (secondary N) is 1. The van der Waals surface area contributed by atoms with Gasteiger partial charge in [-0.25, -0.2) is 4.39 Å². The Labute approximate surface area is 123 Å². The molecule has 0 aliphatic rings. The first kappa shape index (κ1) is 14.9. The van der Waals surface area contributed by atoms with Crippen molar-refractivity contribution < 1.29 is 9.13 Å². The van der Waals surface area contributed by atoms with Crippen LogP contribution in [0.3, 0.4) is 0 Å². The van der Waals surface area contributed by atoms with E-state index in [1.807, 2.05) is 32.2 Å². The van der Waals surface area contributed by atoms with Crippen molar-refractivity contribution in [2.24, 2.45) is 0 Å². The third-order valence-electron chi connectivity index (χ3n) is 2.96. The average Bonchev–Trinajstić information content (AvgIpc) is 2.48. The fourth-order valence-electron chi connectivity index (χ4n) is 1.93. The molecule has 0 aliphatic heterocycles. The fourth-order valence-corrected chi connectivity index (χ4v) is 1.93. The van der Waals surface area contributed by atoms with Crippen molar-refractivity contribution in [1.82, 2.24) is 10.3 Å². The highest BCUT2D eigenvalue weighted by molar-refractivity contribution is 5.35. The third-order valence-corrected chi connectivity index (χ3v) is 2.96. The zero-order chi connectivity index (χ0) is 15.2. The van der Waals surface area contributed by atoms with E-state index in [1.54, 1.807) is 6.07 Å². The Hall–Kier alpha value is -2.45. The lowest BCUT2D eigenvalue weighted by Crippen LogP contribution is -2.10. The van der Waals surface area contributed by atoms with Crippen LogP contribution < -0.4 is 10.1 Å². The molecular formula is C16H16FN3O. The molecule has 0 fully saturated rings. The second kappa shape index (κ2) is 6.82. The van der Waals surface area contributed by atoms with Crippen LogP contribution >= 0.6 is 0 Å². The summed E-state index contributed by atoms with van der Waals surface area (Å²) in [6.07, 6.45) is 0. The second-order valence-electron chi connectivity index (χ2n) is 4.64. The van der Waals surface area contributed by atoms with Crippen molar-refractivity contribution in [3.8, 4) is 11.8 Å². The van der Waals surface area contributed by atoms with Crippen molar-refractivity contribution in [3.63, 3.8) is 0 Å². The van der Waals surface area contributed by atoms with E-state index in [0.717, 1.165) is 17.0 Å². The maximum absolute atomic E-state index is 13.3. The van der Waals surface area contributed by atoms with Crippen LogP contribution in [0.2, 0.25) is 0 Å².